The molecule has 0 bridgehead atoms. The molecule has 0 spiro atoms. The highest BCUT2D eigenvalue weighted by Gasteiger charge is 2.34. The van der Waals surface area contributed by atoms with Crippen LogP contribution in [0.5, 0.6) is 0 Å². The zero-order valence-electron chi connectivity index (χ0n) is 14.6. The summed E-state index contributed by atoms with van der Waals surface area (Å²) < 4.78 is 6.58. The smallest absolute Gasteiger partial charge is 0.277 e. The van der Waals surface area contributed by atoms with Crippen LogP contribution in [0.2, 0.25) is 0 Å². The summed E-state index contributed by atoms with van der Waals surface area (Å²) in [6.07, 6.45) is 4.03. The van der Waals surface area contributed by atoms with E-state index in [2.05, 4.69) is 38.1 Å². The predicted octanol–water partition coefficient (Wildman–Crippen LogP) is 1.27. The quantitative estimate of drug-likeness (QED) is 0.839. The van der Waals surface area contributed by atoms with Crippen LogP contribution in [0.15, 0.2) is 16.9 Å². The molecule has 0 saturated carbocycles. The summed E-state index contributed by atoms with van der Waals surface area (Å²) in [5.74, 6) is 0.194. The first-order chi connectivity index (χ1) is 11.5. The molecule has 0 radical (unpaired) electrons. The van der Waals surface area contributed by atoms with Crippen molar-refractivity contribution in [2.45, 2.75) is 25.8 Å². The number of hydrogen-bond donors (Lipinski definition) is 0. The first-order valence-electron chi connectivity index (χ1n) is 8.21. The molecule has 8 nitrogen and oxygen atoms in total. The zero-order valence-corrected chi connectivity index (χ0v) is 14.6. The van der Waals surface area contributed by atoms with Gasteiger partial charge in [-0.25, -0.2) is 4.63 Å². The second-order valence-electron chi connectivity index (χ2n) is 6.59. The molecule has 0 unspecified atom stereocenters. The summed E-state index contributed by atoms with van der Waals surface area (Å²) in [7, 11) is 5.91. The van der Waals surface area contributed by atoms with Gasteiger partial charge in [-0.3, -0.25) is 14.4 Å². The molecule has 2 aromatic rings. The SMILES string of the molecule is Cc1nonc1C(=O)N(C)C[C@@H]1CCCN(C)[C@H]1c1ccnn1C. The van der Waals surface area contributed by atoms with Crippen LogP contribution in [0.1, 0.15) is 40.8 Å². The third kappa shape index (κ3) is 3.06. The summed E-state index contributed by atoms with van der Waals surface area (Å²) >= 11 is 0. The zero-order chi connectivity index (χ0) is 17.3. The van der Waals surface area contributed by atoms with Crippen molar-refractivity contribution in [3.05, 3.63) is 29.3 Å². The van der Waals surface area contributed by atoms with E-state index in [1.54, 1.807) is 11.8 Å². The lowest BCUT2D eigenvalue weighted by Gasteiger charge is -2.40. The molecule has 1 aliphatic heterocycles. The molecule has 130 valence electrons. The molecule has 3 rings (SSSR count). The van der Waals surface area contributed by atoms with Gasteiger partial charge in [0.15, 0.2) is 5.69 Å². The fourth-order valence-electron chi connectivity index (χ4n) is 3.63. The van der Waals surface area contributed by atoms with E-state index in [1.807, 2.05) is 25.0 Å². The summed E-state index contributed by atoms with van der Waals surface area (Å²) in [6.45, 7) is 3.44. The Morgan fingerprint density at radius 1 is 1.42 bits per heavy atom. The Hall–Kier alpha value is -2.22. The minimum absolute atomic E-state index is 0.147. The molecule has 8 heteroatoms. The maximum Gasteiger partial charge on any atom is 0.277 e. The van der Waals surface area contributed by atoms with E-state index in [0.717, 1.165) is 19.4 Å². The van der Waals surface area contributed by atoms with E-state index in [1.165, 1.54) is 5.69 Å². The molecule has 1 saturated heterocycles. The Labute approximate surface area is 141 Å². The van der Waals surface area contributed by atoms with E-state index in [0.29, 0.717) is 23.9 Å². The average molecular weight is 332 g/mol. The highest BCUT2D eigenvalue weighted by atomic mass is 16.6. The van der Waals surface area contributed by atoms with Crippen LogP contribution in [0.25, 0.3) is 0 Å². The van der Waals surface area contributed by atoms with Crippen molar-refractivity contribution in [2.24, 2.45) is 13.0 Å². The van der Waals surface area contributed by atoms with E-state index >= 15 is 0 Å². The van der Waals surface area contributed by atoms with Crippen LogP contribution in [0, 0.1) is 12.8 Å². The van der Waals surface area contributed by atoms with Crippen LogP contribution in [-0.4, -0.2) is 63.0 Å². The van der Waals surface area contributed by atoms with Gasteiger partial charge in [0.2, 0.25) is 0 Å². The third-order valence-electron chi connectivity index (χ3n) is 4.88. The fraction of sp³-hybridized carbons (Fsp3) is 0.625. The molecule has 1 fully saturated rings. The van der Waals surface area contributed by atoms with Gasteiger partial charge in [-0.2, -0.15) is 5.10 Å². The topological polar surface area (TPSA) is 80.3 Å². The van der Waals surface area contributed by atoms with E-state index < -0.39 is 0 Å². The number of carbonyl (C=O) groups excluding carboxylic acids is 1. The number of carbonyl (C=O) groups is 1. The maximum absolute atomic E-state index is 12.6. The lowest BCUT2D eigenvalue weighted by molar-refractivity contribution is 0.0621. The second-order valence-corrected chi connectivity index (χ2v) is 6.59. The molecular formula is C16H24N6O2. The summed E-state index contributed by atoms with van der Waals surface area (Å²) in [5.41, 5.74) is 2.00. The summed E-state index contributed by atoms with van der Waals surface area (Å²) in [4.78, 5) is 16.6. The lowest BCUT2D eigenvalue weighted by atomic mass is 9.87. The van der Waals surface area contributed by atoms with Gasteiger partial charge in [-0.1, -0.05) is 5.16 Å². The Morgan fingerprint density at radius 2 is 2.21 bits per heavy atom. The number of likely N-dealkylation sites (tertiary alicyclic amines) is 1. The molecule has 3 heterocycles. The van der Waals surface area contributed by atoms with Gasteiger partial charge in [0, 0.05) is 26.8 Å². The van der Waals surface area contributed by atoms with E-state index in [4.69, 9.17) is 0 Å². The monoisotopic (exact) mass is 332 g/mol. The largest absolute Gasteiger partial charge is 0.340 e. The maximum atomic E-state index is 12.6. The van der Waals surface area contributed by atoms with Crippen LogP contribution in [0.4, 0.5) is 0 Å². The van der Waals surface area contributed by atoms with Crippen molar-refractivity contribution in [3.63, 3.8) is 0 Å². The molecule has 2 atom stereocenters. The predicted molar refractivity (Wildman–Crippen MR) is 87.3 cm³/mol. The van der Waals surface area contributed by atoms with E-state index in [9.17, 15) is 4.79 Å². The lowest BCUT2D eigenvalue weighted by Crippen LogP contribution is -2.43. The number of piperidine rings is 1. The molecule has 2 aromatic heterocycles. The van der Waals surface area contributed by atoms with Crippen LogP contribution < -0.4 is 0 Å². The van der Waals surface area contributed by atoms with Crippen molar-refractivity contribution in [1.29, 1.82) is 0 Å². The van der Waals surface area contributed by atoms with Gasteiger partial charge >= 0.3 is 0 Å². The van der Waals surface area contributed by atoms with Gasteiger partial charge in [0.05, 0.1) is 11.7 Å². The van der Waals surface area contributed by atoms with Gasteiger partial charge in [0.25, 0.3) is 5.91 Å². The molecule has 1 aliphatic rings. The molecule has 0 aromatic carbocycles. The molecule has 24 heavy (non-hydrogen) atoms. The van der Waals surface area contributed by atoms with Crippen LogP contribution in [0.3, 0.4) is 0 Å². The number of nitrogens with zero attached hydrogens (tertiary/aromatic N) is 6. The number of aryl methyl sites for hydroxylation is 2. The Bertz CT molecular complexity index is 709. The highest BCUT2D eigenvalue weighted by molar-refractivity contribution is 5.92. The van der Waals surface area contributed by atoms with E-state index in [-0.39, 0.29) is 11.9 Å². The first-order valence-corrected chi connectivity index (χ1v) is 8.21. The van der Waals surface area contributed by atoms with Crippen molar-refractivity contribution < 1.29 is 9.42 Å². The van der Waals surface area contributed by atoms with Crippen molar-refractivity contribution in [1.82, 2.24) is 29.9 Å². The van der Waals surface area contributed by atoms with Crippen molar-refractivity contribution in [2.75, 3.05) is 27.2 Å². The minimum Gasteiger partial charge on any atom is -0.340 e. The minimum atomic E-state index is -0.147. The molecule has 0 N–H and O–H groups in total. The van der Waals surface area contributed by atoms with Crippen molar-refractivity contribution >= 4 is 5.91 Å². The Morgan fingerprint density at radius 3 is 2.83 bits per heavy atom. The summed E-state index contributed by atoms with van der Waals surface area (Å²) in [6, 6.07) is 2.31. The van der Waals surface area contributed by atoms with Crippen LogP contribution >= 0.6 is 0 Å². The number of amides is 1. The summed E-state index contributed by atoms with van der Waals surface area (Å²) in [5, 5.41) is 11.7. The Kier molecular flexibility index (Phi) is 4.66. The third-order valence-corrected chi connectivity index (χ3v) is 4.88. The second kappa shape index (κ2) is 6.72. The fourth-order valence-corrected chi connectivity index (χ4v) is 3.63. The molecular weight excluding hydrogens is 308 g/mol. The number of rotatable bonds is 4. The first kappa shape index (κ1) is 16.6. The Balaban J connectivity index is 1.78. The van der Waals surface area contributed by atoms with Crippen LogP contribution in [-0.2, 0) is 7.05 Å². The molecule has 0 aliphatic carbocycles. The average Bonchev–Trinajstić information content (AvgIpc) is 3.15. The normalized spacial score (nSPS) is 21.8. The highest BCUT2D eigenvalue weighted by Crippen LogP contribution is 2.35. The standard InChI is InChI=1S/C16H24N6O2/c1-11-14(19-24-18-11)16(23)21(3)10-12-6-5-9-20(2)15(12)13-7-8-17-22(13)4/h7-8,12,15H,5-6,9-10H2,1-4H3/t12-,15+/m0/s1. The van der Waals surface area contributed by atoms with Crippen molar-refractivity contribution in [3.8, 4) is 0 Å². The number of hydrogen-bond acceptors (Lipinski definition) is 6. The van der Waals surface area contributed by atoms with Gasteiger partial charge in [-0.05, 0) is 50.5 Å². The van der Waals surface area contributed by atoms with Gasteiger partial charge in [0.1, 0.15) is 5.69 Å². The van der Waals surface area contributed by atoms with Gasteiger partial charge < -0.3 is 4.90 Å². The molecule has 1 amide bonds. The van der Waals surface area contributed by atoms with Gasteiger partial charge in [-0.15, -0.1) is 0 Å². The number of aromatic nitrogens is 4.